The molecule has 5 heteroatoms. The van der Waals surface area contributed by atoms with Gasteiger partial charge in [0.1, 0.15) is 0 Å². The molecule has 0 bridgehead atoms. The van der Waals surface area contributed by atoms with E-state index in [4.69, 9.17) is 11.6 Å². The van der Waals surface area contributed by atoms with E-state index in [9.17, 15) is 10.1 Å². The van der Waals surface area contributed by atoms with Crippen molar-refractivity contribution in [3.05, 3.63) is 38.9 Å². The summed E-state index contributed by atoms with van der Waals surface area (Å²) in [5.41, 5.74) is 0.925. The van der Waals surface area contributed by atoms with Crippen molar-refractivity contribution in [3.63, 3.8) is 0 Å². The van der Waals surface area contributed by atoms with Crippen LogP contribution in [0.25, 0.3) is 0 Å². The van der Waals surface area contributed by atoms with Gasteiger partial charge in [-0.25, -0.2) is 0 Å². The van der Waals surface area contributed by atoms with Crippen molar-refractivity contribution in [2.45, 2.75) is 25.4 Å². The summed E-state index contributed by atoms with van der Waals surface area (Å²) in [5.74, 6) is 0. The summed E-state index contributed by atoms with van der Waals surface area (Å²) in [5, 5.41) is 11.2. The van der Waals surface area contributed by atoms with Crippen LogP contribution >= 0.6 is 11.6 Å². The van der Waals surface area contributed by atoms with Crippen LogP contribution in [0.3, 0.4) is 0 Å². The van der Waals surface area contributed by atoms with E-state index in [0.717, 1.165) is 5.56 Å². The smallest absolute Gasteiger partial charge is 0.269 e. The first kappa shape index (κ1) is 11.4. The van der Waals surface area contributed by atoms with E-state index < -0.39 is 4.92 Å². The van der Waals surface area contributed by atoms with Crippen LogP contribution in [0, 0.1) is 10.1 Å². The monoisotopic (exact) mass is 240 g/mol. The zero-order chi connectivity index (χ0) is 11.7. The fraction of sp³-hybridized carbons (Fsp3) is 0.455. The number of non-ortho nitro benzene ring substituents is 1. The number of hydrogen-bond donors (Lipinski definition) is 0. The predicted molar refractivity (Wildman–Crippen MR) is 62.6 cm³/mol. The Kier molecular flexibility index (Phi) is 3.12. The van der Waals surface area contributed by atoms with Crippen molar-refractivity contribution in [2.75, 3.05) is 7.05 Å². The van der Waals surface area contributed by atoms with Gasteiger partial charge in [-0.1, -0.05) is 11.6 Å². The molecule has 0 radical (unpaired) electrons. The quantitative estimate of drug-likeness (QED) is 0.601. The molecule has 1 aromatic rings. The normalized spacial score (nSPS) is 15.4. The van der Waals surface area contributed by atoms with Gasteiger partial charge in [0.25, 0.3) is 5.69 Å². The maximum absolute atomic E-state index is 10.6. The van der Waals surface area contributed by atoms with E-state index in [1.54, 1.807) is 12.1 Å². The molecule has 0 amide bonds. The Morgan fingerprint density at radius 1 is 1.56 bits per heavy atom. The molecule has 1 aromatic carbocycles. The molecule has 1 aliphatic rings. The highest BCUT2D eigenvalue weighted by Crippen LogP contribution is 2.29. The minimum Gasteiger partial charge on any atom is -0.299 e. The van der Waals surface area contributed by atoms with E-state index >= 15 is 0 Å². The van der Waals surface area contributed by atoms with Crippen LogP contribution < -0.4 is 0 Å². The minimum atomic E-state index is -0.392. The van der Waals surface area contributed by atoms with Gasteiger partial charge in [-0.3, -0.25) is 15.0 Å². The Morgan fingerprint density at radius 2 is 2.25 bits per heavy atom. The Balaban J connectivity index is 2.17. The van der Waals surface area contributed by atoms with Crippen LogP contribution in [0.5, 0.6) is 0 Å². The Labute approximate surface area is 99.0 Å². The van der Waals surface area contributed by atoms with Crippen molar-refractivity contribution in [3.8, 4) is 0 Å². The second-order valence-corrected chi connectivity index (χ2v) is 4.59. The lowest BCUT2D eigenvalue weighted by molar-refractivity contribution is -0.384. The van der Waals surface area contributed by atoms with E-state index in [1.807, 2.05) is 7.05 Å². The SMILES string of the molecule is CN(Cc1cc([N+](=O)[O-])ccc1Cl)C1CC1. The van der Waals surface area contributed by atoms with E-state index in [1.165, 1.54) is 18.9 Å². The van der Waals surface area contributed by atoms with E-state index in [2.05, 4.69) is 4.90 Å². The summed E-state index contributed by atoms with van der Waals surface area (Å²) >= 11 is 6.02. The molecule has 0 atom stereocenters. The lowest BCUT2D eigenvalue weighted by Gasteiger charge is -2.16. The molecule has 1 fully saturated rings. The number of benzene rings is 1. The molecule has 16 heavy (non-hydrogen) atoms. The van der Waals surface area contributed by atoms with Crippen LogP contribution in [-0.2, 0) is 6.54 Å². The molecule has 1 saturated carbocycles. The highest BCUT2D eigenvalue weighted by atomic mass is 35.5. The third-order valence-electron chi connectivity index (χ3n) is 2.83. The largest absolute Gasteiger partial charge is 0.299 e. The van der Waals surface area contributed by atoms with Gasteiger partial charge < -0.3 is 0 Å². The Bertz CT molecular complexity index is 418. The Morgan fingerprint density at radius 3 is 2.81 bits per heavy atom. The number of halogens is 1. The van der Waals surface area contributed by atoms with Gasteiger partial charge in [0, 0.05) is 29.7 Å². The lowest BCUT2D eigenvalue weighted by atomic mass is 10.2. The molecule has 1 aliphatic carbocycles. The topological polar surface area (TPSA) is 46.4 Å². The second kappa shape index (κ2) is 4.39. The molecular formula is C11H13ClN2O2. The van der Waals surface area contributed by atoms with Gasteiger partial charge in [0.2, 0.25) is 0 Å². The molecule has 0 aliphatic heterocycles. The first-order chi connectivity index (χ1) is 7.58. The molecule has 0 saturated heterocycles. The fourth-order valence-electron chi connectivity index (χ4n) is 1.71. The summed E-state index contributed by atoms with van der Waals surface area (Å²) in [6.45, 7) is 0.672. The fourth-order valence-corrected chi connectivity index (χ4v) is 1.89. The van der Waals surface area contributed by atoms with Crippen molar-refractivity contribution >= 4 is 17.3 Å². The summed E-state index contributed by atoms with van der Waals surface area (Å²) in [4.78, 5) is 12.4. The minimum absolute atomic E-state index is 0.101. The summed E-state index contributed by atoms with van der Waals surface area (Å²) < 4.78 is 0. The summed E-state index contributed by atoms with van der Waals surface area (Å²) in [6, 6.07) is 5.20. The van der Waals surface area contributed by atoms with Gasteiger partial charge in [-0.15, -0.1) is 0 Å². The maximum atomic E-state index is 10.6. The van der Waals surface area contributed by atoms with Gasteiger partial charge >= 0.3 is 0 Å². The molecular weight excluding hydrogens is 228 g/mol. The van der Waals surface area contributed by atoms with Crippen LogP contribution in [0.4, 0.5) is 5.69 Å². The molecule has 0 unspecified atom stereocenters. The number of rotatable bonds is 4. The van der Waals surface area contributed by atoms with Crippen LogP contribution in [0.1, 0.15) is 18.4 Å². The molecule has 0 spiro atoms. The first-order valence-corrected chi connectivity index (χ1v) is 5.59. The highest BCUT2D eigenvalue weighted by Gasteiger charge is 2.26. The van der Waals surface area contributed by atoms with Crippen molar-refractivity contribution in [2.24, 2.45) is 0 Å². The third-order valence-corrected chi connectivity index (χ3v) is 3.20. The third kappa shape index (κ3) is 2.51. The average Bonchev–Trinajstić information content (AvgIpc) is 3.04. The molecule has 4 nitrogen and oxygen atoms in total. The molecule has 86 valence electrons. The average molecular weight is 241 g/mol. The van der Waals surface area contributed by atoms with Crippen LogP contribution in [0.2, 0.25) is 5.02 Å². The number of nitro groups is 1. The Hall–Kier alpha value is -1.13. The number of nitrogens with zero attached hydrogens (tertiary/aromatic N) is 2. The zero-order valence-corrected chi connectivity index (χ0v) is 9.78. The highest BCUT2D eigenvalue weighted by molar-refractivity contribution is 6.31. The molecule has 0 aromatic heterocycles. The zero-order valence-electron chi connectivity index (χ0n) is 9.02. The van der Waals surface area contributed by atoms with Gasteiger partial charge in [0.05, 0.1) is 4.92 Å². The molecule has 2 rings (SSSR count). The van der Waals surface area contributed by atoms with Crippen molar-refractivity contribution in [1.29, 1.82) is 0 Å². The summed E-state index contributed by atoms with van der Waals surface area (Å²) in [6.07, 6.45) is 2.42. The van der Waals surface area contributed by atoms with E-state index in [0.29, 0.717) is 17.6 Å². The predicted octanol–water partition coefficient (Wildman–Crippen LogP) is 2.84. The van der Waals surface area contributed by atoms with Gasteiger partial charge in [-0.2, -0.15) is 0 Å². The van der Waals surface area contributed by atoms with Gasteiger partial charge in [-0.05, 0) is 31.5 Å². The van der Waals surface area contributed by atoms with E-state index in [-0.39, 0.29) is 5.69 Å². The standard InChI is InChI=1S/C11H13ClN2O2/c1-13(9-2-3-9)7-8-6-10(14(15)16)4-5-11(8)12/h4-6,9H,2-3,7H2,1H3. The summed E-state index contributed by atoms with van der Waals surface area (Å²) in [7, 11) is 2.02. The lowest BCUT2D eigenvalue weighted by Crippen LogP contribution is -2.20. The second-order valence-electron chi connectivity index (χ2n) is 4.18. The van der Waals surface area contributed by atoms with Crippen molar-refractivity contribution < 1.29 is 4.92 Å². The van der Waals surface area contributed by atoms with Crippen molar-refractivity contribution in [1.82, 2.24) is 4.90 Å². The maximum Gasteiger partial charge on any atom is 0.269 e. The molecule has 0 N–H and O–H groups in total. The number of nitro benzene ring substituents is 1. The van der Waals surface area contributed by atoms with Crippen LogP contribution in [0.15, 0.2) is 18.2 Å². The van der Waals surface area contributed by atoms with Gasteiger partial charge in [0.15, 0.2) is 0 Å². The first-order valence-electron chi connectivity index (χ1n) is 5.21. The number of hydrogen-bond acceptors (Lipinski definition) is 3. The molecule has 0 heterocycles. The van der Waals surface area contributed by atoms with Crippen LogP contribution in [-0.4, -0.2) is 22.9 Å².